The van der Waals surface area contributed by atoms with Crippen LogP contribution in [0.15, 0.2) is 42.5 Å². The molecule has 3 aromatic rings. The Morgan fingerprint density at radius 2 is 2.00 bits per heavy atom. The Bertz CT molecular complexity index is 979. The Balaban J connectivity index is 1.38. The van der Waals surface area contributed by atoms with Gasteiger partial charge in [0.2, 0.25) is 0 Å². The van der Waals surface area contributed by atoms with Crippen LogP contribution in [0.5, 0.6) is 5.75 Å². The molecule has 0 saturated carbocycles. The smallest absolute Gasteiger partial charge is 0.321 e. The van der Waals surface area contributed by atoms with E-state index in [1.54, 1.807) is 18.4 Å². The second-order valence-corrected chi connectivity index (χ2v) is 7.80. The van der Waals surface area contributed by atoms with Gasteiger partial charge in [-0.25, -0.2) is 9.78 Å². The van der Waals surface area contributed by atoms with Crippen LogP contribution in [0.4, 0.5) is 15.6 Å². The molecule has 0 atom stereocenters. The molecule has 1 fully saturated rings. The van der Waals surface area contributed by atoms with Crippen molar-refractivity contribution in [2.45, 2.75) is 13.3 Å². The maximum absolute atomic E-state index is 12.6. The number of hydrogen-bond acceptors (Lipinski definition) is 5. The van der Waals surface area contributed by atoms with E-state index in [0.29, 0.717) is 13.1 Å². The van der Waals surface area contributed by atoms with Crippen molar-refractivity contribution in [2.75, 3.05) is 43.5 Å². The molecule has 0 spiro atoms. The normalized spacial score (nSPS) is 14.4. The van der Waals surface area contributed by atoms with Crippen LogP contribution in [0.25, 0.3) is 10.2 Å². The fourth-order valence-corrected chi connectivity index (χ4v) is 4.40. The first-order chi connectivity index (χ1) is 13.7. The van der Waals surface area contributed by atoms with Gasteiger partial charge < -0.3 is 19.9 Å². The number of hydrogen-bond donors (Lipinski definition) is 1. The first-order valence-corrected chi connectivity index (χ1v) is 10.3. The summed E-state index contributed by atoms with van der Waals surface area (Å²) in [5.74, 6) is 0.727. The van der Waals surface area contributed by atoms with Crippen molar-refractivity contribution in [3.05, 3.63) is 48.0 Å². The highest BCUT2D eigenvalue weighted by atomic mass is 32.1. The second kappa shape index (κ2) is 8.06. The Morgan fingerprint density at radius 3 is 2.75 bits per heavy atom. The van der Waals surface area contributed by atoms with Gasteiger partial charge in [-0.1, -0.05) is 30.4 Å². The monoisotopic (exact) mass is 396 g/mol. The molecule has 2 heterocycles. The van der Waals surface area contributed by atoms with E-state index in [-0.39, 0.29) is 6.03 Å². The van der Waals surface area contributed by atoms with Gasteiger partial charge in [0.15, 0.2) is 5.13 Å². The molecule has 6 nitrogen and oxygen atoms in total. The van der Waals surface area contributed by atoms with E-state index in [9.17, 15) is 4.79 Å². The highest BCUT2D eigenvalue weighted by Gasteiger charge is 2.23. The van der Waals surface area contributed by atoms with Gasteiger partial charge in [0.05, 0.1) is 17.3 Å². The van der Waals surface area contributed by atoms with Gasteiger partial charge in [-0.2, -0.15) is 0 Å². The fraction of sp³-hybridized carbons (Fsp3) is 0.333. The molecule has 1 N–H and O–H groups in total. The third-order valence-electron chi connectivity index (χ3n) is 5.01. The molecule has 0 unspecified atom stereocenters. The molecule has 0 bridgehead atoms. The average Bonchev–Trinajstić information content (AvgIpc) is 3.17. The number of benzene rings is 2. The molecule has 0 aliphatic carbocycles. The molecule has 1 aliphatic rings. The Hall–Kier alpha value is -2.80. The first-order valence-electron chi connectivity index (χ1n) is 9.50. The lowest BCUT2D eigenvalue weighted by Crippen LogP contribution is -2.50. The van der Waals surface area contributed by atoms with Crippen LogP contribution in [-0.4, -0.2) is 49.2 Å². The largest absolute Gasteiger partial charge is 0.497 e. The van der Waals surface area contributed by atoms with Gasteiger partial charge in [-0.3, -0.25) is 0 Å². The van der Waals surface area contributed by atoms with Gasteiger partial charge in [-0.05, 0) is 36.2 Å². The molecule has 28 heavy (non-hydrogen) atoms. The molecule has 1 aliphatic heterocycles. The molecule has 7 heteroatoms. The van der Waals surface area contributed by atoms with Crippen LogP contribution in [-0.2, 0) is 6.42 Å². The number of thiazole rings is 1. The summed E-state index contributed by atoms with van der Waals surface area (Å²) in [5, 5.41) is 3.99. The molecular formula is C21H24N4O2S. The van der Waals surface area contributed by atoms with Crippen LogP contribution < -0.4 is 15.0 Å². The van der Waals surface area contributed by atoms with Crippen molar-refractivity contribution in [3.8, 4) is 5.75 Å². The number of carbonyl (C=O) groups excluding carboxylic acids is 1. The second-order valence-electron chi connectivity index (χ2n) is 6.79. The number of urea groups is 1. The van der Waals surface area contributed by atoms with E-state index in [4.69, 9.17) is 9.72 Å². The minimum Gasteiger partial charge on any atom is -0.497 e. The van der Waals surface area contributed by atoms with E-state index in [0.717, 1.165) is 41.6 Å². The predicted octanol–water partition coefficient (Wildman–Crippen LogP) is 4.22. The number of ether oxygens (including phenoxy) is 1. The standard InChI is InChI=1S/C21H24N4O2S/c1-3-15-7-8-18-19(13-15)28-21(23-18)25-11-9-24(10-12-25)20(26)22-16-5-4-6-17(14-16)27-2/h4-8,13-14H,3,9-12H2,1-2H3,(H,22,26). The topological polar surface area (TPSA) is 57.7 Å². The number of carbonyl (C=O) groups is 1. The SMILES string of the molecule is CCc1ccc2nc(N3CCN(C(=O)Nc4cccc(OC)c4)CC3)sc2c1. The third-order valence-corrected chi connectivity index (χ3v) is 6.09. The molecule has 1 saturated heterocycles. The molecule has 4 rings (SSSR count). The summed E-state index contributed by atoms with van der Waals surface area (Å²) in [6, 6.07) is 13.8. The van der Waals surface area contributed by atoms with Gasteiger partial charge in [-0.15, -0.1) is 0 Å². The van der Waals surface area contributed by atoms with Crippen molar-refractivity contribution in [1.82, 2.24) is 9.88 Å². The van der Waals surface area contributed by atoms with Gasteiger partial charge in [0, 0.05) is 37.9 Å². The highest BCUT2D eigenvalue weighted by Crippen LogP contribution is 2.30. The zero-order chi connectivity index (χ0) is 19.5. The van der Waals surface area contributed by atoms with Gasteiger partial charge in [0.25, 0.3) is 0 Å². The summed E-state index contributed by atoms with van der Waals surface area (Å²) in [5.41, 5.74) is 3.13. The number of piperazine rings is 1. The van der Waals surface area contributed by atoms with Crippen molar-refractivity contribution >= 4 is 38.4 Å². The Morgan fingerprint density at radius 1 is 1.18 bits per heavy atom. The molecule has 2 aromatic carbocycles. The first kappa shape index (κ1) is 18.6. The van der Waals surface area contributed by atoms with Crippen LogP contribution in [0, 0.1) is 0 Å². The third kappa shape index (κ3) is 3.89. The number of amides is 2. The Kier molecular flexibility index (Phi) is 5.34. The van der Waals surface area contributed by atoms with Crippen molar-refractivity contribution in [1.29, 1.82) is 0 Å². The lowest BCUT2D eigenvalue weighted by Gasteiger charge is -2.34. The lowest BCUT2D eigenvalue weighted by molar-refractivity contribution is 0.208. The minimum absolute atomic E-state index is 0.0789. The average molecular weight is 397 g/mol. The number of rotatable bonds is 4. The van der Waals surface area contributed by atoms with Crippen LogP contribution in [0.1, 0.15) is 12.5 Å². The van der Waals surface area contributed by atoms with Crippen molar-refractivity contribution in [2.24, 2.45) is 0 Å². The van der Waals surface area contributed by atoms with E-state index >= 15 is 0 Å². The van der Waals surface area contributed by atoms with E-state index < -0.39 is 0 Å². The van der Waals surface area contributed by atoms with Gasteiger partial charge in [0.1, 0.15) is 5.75 Å². The summed E-state index contributed by atoms with van der Waals surface area (Å²) in [6.07, 6.45) is 1.03. The molecular weight excluding hydrogens is 372 g/mol. The summed E-state index contributed by atoms with van der Waals surface area (Å²) < 4.78 is 6.44. The quantitative estimate of drug-likeness (QED) is 0.717. The number of fused-ring (bicyclic) bond motifs is 1. The van der Waals surface area contributed by atoms with Crippen LogP contribution in [0.3, 0.4) is 0 Å². The van der Waals surface area contributed by atoms with E-state index in [1.807, 2.05) is 29.2 Å². The summed E-state index contributed by atoms with van der Waals surface area (Å²) >= 11 is 1.73. The summed E-state index contributed by atoms with van der Waals surface area (Å²) in [4.78, 5) is 21.5. The molecule has 1 aromatic heterocycles. The number of aromatic nitrogens is 1. The lowest BCUT2D eigenvalue weighted by atomic mass is 10.2. The molecule has 0 radical (unpaired) electrons. The van der Waals surface area contributed by atoms with Crippen molar-refractivity contribution < 1.29 is 9.53 Å². The number of nitrogens with zero attached hydrogens (tertiary/aromatic N) is 3. The predicted molar refractivity (Wildman–Crippen MR) is 115 cm³/mol. The van der Waals surface area contributed by atoms with E-state index in [1.165, 1.54) is 10.3 Å². The van der Waals surface area contributed by atoms with Crippen molar-refractivity contribution in [3.63, 3.8) is 0 Å². The Labute approximate surface area is 168 Å². The van der Waals surface area contributed by atoms with E-state index in [2.05, 4.69) is 35.3 Å². The number of aryl methyl sites for hydroxylation is 1. The van der Waals surface area contributed by atoms with Gasteiger partial charge >= 0.3 is 6.03 Å². The number of anilines is 2. The van der Waals surface area contributed by atoms with Crippen LogP contribution >= 0.6 is 11.3 Å². The highest BCUT2D eigenvalue weighted by molar-refractivity contribution is 7.22. The summed E-state index contributed by atoms with van der Waals surface area (Å²) in [6.45, 7) is 5.08. The summed E-state index contributed by atoms with van der Waals surface area (Å²) in [7, 11) is 1.62. The number of nitrogens with one attached hydrogen (secondary N) is 1. The zero-order valence-electron chi connectivity index (χ0n) is 16.1. The maximum Gasteiger partial charge on any atom is 0.321 e. The number of methoxy groups -OCH3 is 1. The minimum atomic E-state index is -0.0789. The van der Waals surface area contributed by atoms with Crippen LogP contribution in [0.2, 0.25) is 0 Å². The molecule has 2 amide bonds. The maximum atomic E-state index is 12.6. The molecule has 146 valence electrons. The zero-order valence-corrected chi connectivity index (χ0v) is 17.0. The fourth-order valence-electron chi connectivity index (χ4n) is 3.32.